The third-order valence-electron chi connectivity index (χ3n) is 4.33. The lowest BCUT2D eigenvalue weighted by atomic mass is 9.91. The number of nitrogens with one attached hydrogen (secondary N) is 1. The van der Waals surface area contributed by atoms with Crippen LogP contribution in [0.15, 0.2) is 24.3 Å². The molecule has 112 valence electrons. The highest BCUT2D eigenvalue weighted by atomic mass is 15.2. The normalized spacial score (nSPS) is 23.4. The van der Waals surface area contributed by atoms with E-state index in [4.69, 9.17) is 0 Å². The molecule has 0 saturated carbocycles. The Balaban J connectivity index is 2.02. The van der Waals surface area contributed by atoms with E-state index in [1.165, 1.54) is 30.6 Å². The Labute approximate surface area is 124 Å². The van der Waals surface area contributed by atoms with Crippen molar-refractivity contribution in [3.63, 3.8) is 0 Å². The van der Waals surface area contributed by atoms with Gasteiger partial charge < -0.3 is 10.2 Å². The SMILES string of the molecule is CCC1CC(NCC(C)C)CN(c2ccc(C)cc2)C1. The molecule has 2 unspecified atom stereocenters. The van der Waals surface area contributed by atoms with Crippen molar-refractivity contribution >= 4 is 5.69 Å². The van der Waals surface area contributed by atoms with E-state index in [9.17, 15) is 0 Å². The summed E-state index contributed by atoms with van der Waals surface area (Å²) in [6, 6.07) is 9.63. The fourth-order valence-electron chi connectivity index (χ4n) is 3.02. The molecular formula is C18H30N2. The summed E-state index contributed by atoms with van der Waals surface area (Å²) in [4.78, 5) is 2.56. The van der Waals surface area contributed by atoms with Crippen LogP contribution < -0.4 is 10.2 Å². The van der Waals surface area contributed by atoms with Crippen molar-refractivity contribution in [1.29, 1.82) is 0 Å². The van der Waals surface area contributed by atoms with Gasteiger partial charge in [-0.2, -0.15) is 0 Å². The second-order valence-electron chi connectivity index (χ2n) is 6.75. The molecule has 0 bridgehead atoms. The summed E-state index contributed by atoms with van der Waals surface area (Å²) in [5.41, 5.74) is 2.72. The second-order valence-corrected chi connectivity index (χ2v) is 6.75. The molecule has 0 aromatic heterocycles. The summed E-state index contributed by atoms with van der Waals surface area (Å²) in [5, 5.41) is 3.75. The van der Waals surface area contributed by atoms with Gasteiger partial charge in [-0.25, -0.2) is 0 Å². The molecule has 2 rings (SSSR count). The first-order valence-corrected chi connectivity index (χ1v) is 8.13. The van der Waals surface area contributed by atoms with Crippen molar-refractivity contribution in [1.82, 2.24) is 5.32 Å². The summed E-state index contributed by atoms with van der Waals surface area (Å²) < 4.78 is 0. The van der Waals surface area contributed by atoms with Crippen LogP contribution in [0.5, 0.6) is 0 Å². The fourth-order valence-corrected chi connectivity index (χ4v) is 3.02. The molecule has 2 atom stereocenters. The maximum Gasteiger partial charge on any atom is 0.0367 e. The molecule has 1 N–H and O–H groups in total. The molecule has 2 heteroatoms. The van der Waals surface area contributed by atoms with E-state index in [-0.39, 0.29) is 0 Å². The quantitative estimate of drug-likeness (QED) is 0.877. The minimum Gasteiger partial charge on any atom is -0.370 e. The Kier molecular flexibility index (Phi) is 5.47. The molecule has 0 radical (unpaired) electrons. The summed E-state index contributed by atoms with van der Waals surface area (Å²) in [6.45, 7) is 12.5. The molecule has 20 heavy (non-hydrogen) atoms. The number of piperidine rings is 1. The van der Waals surface area contributed by atoms with Crippen LogP contribution in [0.3, 0.4) is 0 Å². The fraction of sp³-hybridized carbons (Fsp3) is 0.667. The summed E-state index contributed by atoms with van der Waals surface area (Å²) >= 11 is 0. The number of nitrogens with zero attached hydrogens (tertiary/aromatic N) is 1. The van der Waals surface area contributed by atoms with Gasteiger partial charge in [-0.15, -0.1) is 0 Å². The predicted molar refractivity (Wildman–Crippen MR) is 88.4 cm³/mol. The van der Waals surface area contributed by atoms with Crippen LogP contribution in [0.1, 0.15) is 39.2 Å². The number of hydrogen-bond acceptors (Lipinski definition) is 2. The van der Waals surface area contributed by atoms with Gasteiger partial charge in [0.15, 0.2) is 0 Å². The summed E-state index contributed by atoms with van der Waals surface area (Å²) in [6.07, 6.45) is 2.60. The van der Waals surface area contributed by atoms with E-state index < -0.39 is 0 Å². The van der Waals surface area contributed by atoms with Crippen LogP contribution in [0.25, 0.3) is 0 Å². The minimum absolute atomic E-state index is 0.636. The van der Waals surface area contributed by atoms with Crippen LogP contribution in [-0.4, -0.2) is 25.7 Å². The highest BCUT2D eigenvalue weighted by molar-refractivity contribution is 5.48. The van der Waals surface area contributed by atoms with Crippen LogP contribution in [-0.2, 0) is 0 Å². The topological polar surface area (TPSA) is 15.3 Å². The zero-order valence-corrected chi connectivity index (χ0v) is 13.5. The number of anilines is 1. The van der Waals surface area contributed by atoms with Crippen molar-refractivity contribution in [3.8, 4) is 0 Å². The van der Waals surface area contributed by atoms with E-state index in [2.05, 4.69) is 62.2 Å². The Morgan fingerprint density at radius 1 is 1.20 bits per heavy atom. The third-order valence-corrected chi connectivity index (χ3v) is 4.33. The van der Waals surface area contributed by atoms with Gasteiger partial charge in [0, 0.05) is 24.8 Å². The highest BCUT2D eigenvalue weighted by Gasteiger charge is 2.26. The molecular weight excluding hydrogens is 244 g/mol. The lowest BCUT2D eigenvalue weighted by Gasteiger charge is -2.39. The minimum atomic E-state index is 0.636. The monoisotopic (exact) mass is 274 g/mol. The van der Waals surface area contributed by atoms with Gasteiger partial charge in [0.05, 0.1) is 0 Å². The lowest BCUT2D eigenvalue weighted by molar-refractivity contribution is 0.318. The van der Waals surface area contributed by atoms with Crippen LogP contribution >= 0.6 is 0 Å². The van der Waals surface area contributed by atoms with Crippen molar-refractivity contribution in [2.24, 2.45) is 11.8 Å². The van der Waals surface area contributed by atoms with E-state index in [0.717, 1.165) is 24.9 Å². The molecule has 0 amide bonds. The molecule has 2 nitrogen and oxygen atoms in total. The largest absolute Gasteiger partial charge is 0.370 e. The van der Waals surface area contributed by atoms with Crippen molar-refractivity contribution < 1.29 is 0 Å². The first-order chi connectivity index (χ1) is 9.58. The third kappa shape index (κ3) is 4.24. The van der Waals surface area contributed by atoms with Gasteiger partial charge in [0.2, 0.25) is 0 Å². The molecule has 1 aromatic carbocycles. The predicted octanol–water partition coefficient (Wildman–Crippen LogP) is 3.85. The maximum absolute atomic E-state index is 3.75. The first kappa shape index (κ1) is 15.4. The Morgan fingerprint density at radius 2 is 1.90 bits per heavy atom. The average Bonchev–Trinajstić information content (AvgIpc) is 2.45. The number of hydrogen-bond donors (Lipinski definition) is 1. The number of aryl methyl sites for hydroxylation is 1. The summed E-state index contributed by atoms with van der Waals surface area (Å²) in [7, 11) is 0. The lowest BCUT2D eigenvalue weighted by Crippen LogP contribution is -2.50. The zero-order chi connectivity index (χ0) is 14.5. The van der Waals surface area contributed by atoms with Gasteiger partial charge in [0.1, 0.15) is 0 Å². The number of rotatable bonds is 5. The first-order valence-electron chi connectivity index (χ1n) is 8.13. The Morgan fingerprint density at radius 3 is 2.50 bits per heavy atom. The van der Waals surface area contributed by atoms with E-state index in [1.807, 2.05) is 0 Å². The average molecular weight is 274 g/mol. The van der Waals surface area contributed by atoms with Crippen molar-refractivity contribution in [2.75, 3.05) is 24.5 Å². The van der Waals surface area contributed by atoms with Crippen LogP contribution in [0.2, 0.25) is 0 Å². The van der Waals surface area contributed by atoms with E-state index >= 15 is 0 Å². The molecule has 1 saturated heterocycles. The Bertz CT molecular complexity index is 396. The van der Waals surface area contributed by atoms with Gasteiger partial charge in [0.25, 0.3) is 0 Å². The van der Waals surface area contributed by atoms with Crippen molar-refractivity contribution in [2.45, 2.75) is 46.6 Å². The molecule has 1 fully saturated rings. The molecule has 1 aliphatic heterocycles. The molecule has 0 spiro atoms. The maximum atomic E-state index is 3.75. The number of benzene rings is 1. The Hall–Kier alpha value is -1.02. The highest BCUT2D eigenvalue weighted by Crippen LogP contribution is 2.25. The molecule has 1 heterocycles. The van der Waals surface area contributed by atoms with Gasteiger partial charge in [-0.1, -0.05) is 44.9 Å². The van der Waals surface area contributed by atoms with E-state index in [0.29, 0.717) is 6.04 Å². The summed E-state index contributed by atoms with van der Waals surface area (Å²) in [5.74, 6) is 1.54. The van der Waals surface area contributed by atoms with Crippen LogP contribution in [0, 0.1) is 18.8 Å². The molecule has 0 aliphatic carbocycles. The van der Waals surface area contributed by atoms with Gasteiger partial charge in [-0.05, 0) is 43.9 Å². The second kappa shape index (κ2) is 7.12. The molecule has 1 aliphatic rings. The molecule has 1 aromatic rings. The van der Waals surface area contributed by atoms with E-state index in [1.54, 1.807) is 0 Å². The zero-order valence-electron chi connectivity index (χ0n) is 13.5. The van der Waals surface area contributed by atoms with Crippen molar-refractivity contribution in [3.05, 3.63) is 29.8 Å². The van der Waals surface area contributed by atoms with Gasteiger partial charge in [-0.3, -0.25) is 0 Å². The van der Waals surface area contributed by atoms with Crippen LogP contribution in [0.4, 0.5) is 5.69 Å². The smallest absolute Gasteiger partial charge is 0.0367 e. The standard InChI is InChI=1S/C18H30N2/c1-5-16-10-17(19-11-14(2)3)13-20(12-16)18-8-6-15(4)7-9-18/h6-9,14,16-17,19H,5,10-13H2,1-4H3. The van der Waals surface area contributed by atoms with Gasteiger partial charge >= 0.3 is 0 Å².